The molecule has 0 aliphatic heterocycles. The minimum Gasteiger partial charge on any atom is -0.436 e. The van der Waals surface area contributed by atoms with Gasteiger partial charge >= 0.3 is 0 Å². The van der Waals surface area contributed by atoms with Crippen molar-refractivity contribution in [2.45, 2.75) is 0 Å². The van der Waals surface area contributed by atoms with E-state index in [1.807, 2.05) is 36.4 Å². The van der Waals surface area contributed by atoms with E-state index in [2.05, 4.69) is 150 Å². The van der Waals surface area contributed by atoms with Gasteiger partial charge in [-0.2, -0.15) is 0 Å². The molecule has 0 saturated carbocycles. The van der Waals surface area contributed by atoms with Crippen LogP contribution in [0.15, 0.2) is 186 Å². The Kier molecular flexibility index (Phi) is 6.80. The van der Waals surface area contributed by atoms with Crippen LogP contribution in [0.5, 0.6) is 0 Å². The van der Waals surface area contributed by atoms with Crippen molar-refractivity contribution >= 4 is 49.7 Å². The number of benzene rings is 8. The molecule has 0 bridgehead atoms. The van der Waals surface area contributed by atoms with Gasteiger partial charge in [-0.3, -0.25) is 0 Å². The molecule has 0 spiro atoms. The summed E-state index contributed by atoms with van der Waals surface area (Å²) in [7, 11) is 0. The molecule has 0 atom stereocenters. The number of rotatable bonds is 6. The van der Waals surface area contributed by atoms with E-state index in [0.29, 0.717) is 5.89 Å². The van der Waals surface area contributed by atoms with Crippen LogP contribution in [0, 0.1) is 0 Å². The Morgan fingerprint density at radius 2 is 0.875 bits per heavy atom. The molecule has 9 rings (SSSR count). The highest BCUT2D eigenvalue weighted by molar-refractivity contribution is 6.19. The van der Waals surface area contributed by atoms with Gasteiger partial charge in [-0.1, -0.05) is 121 Å². The quantitative estimate of drug-likeness (QED) is 0.175. The molecule has 48 heavy (non-hydrogen) atoms. The molecule has 0 aliphatic carbocycles. The summed E-state index contributed by atoms with van der Waals surface area (Å²) in [6.07, 6.45) is 0. The highest BCUT2D eigenvalue weighted by atomic mass is 16.3. The maximum absolute atomic E-state index is 6.25. The summed E-state index contributed by atoms with van der Waals surface area (Å²) in [5.74, 6) is 0.638. The van der Waals surface area contributed by atoms with E-state index >= 15 is 0 Å². The van der Waals surface area contributed by atoms with E-state index in [1.54, 1.807) is 0 Å². The van der Waals surface area contributed by atoms with Gasteiger partial charge in [0.25, 0.3) is 0 Å². The predicted octanol–water partition coefficient (Wildman–Crippen LogP) is 12.6. The standard InChI is InChI=1S/C45H30N2O/c1-4-10-31(11-5-1)32-20-25-39(26-21-32)47(38-14-8-3-9-15-38)40-27-22-33(23-28-40)37-19-17-34-16-18-35-24-29-42-44(43(35)41(34)30-37)46-45(48-42)36-12-6-2-7-13-36/h1-30H. The van der Waals surface area contributed by atoms with E-state index in [1.165, 1.54) is 16.5 Å². The van der Waals surface area contributed by atoms with Crippen LogP contribution in [-0.4, -0.2) is 4.98 Å². The maximum atomic E-state index is 6.25. The van der Waals surface area contributed by atoms with E-state index in [4.69, 9.17) is 9.40 Å². The van der Waals surface area contributed by atoms with Crippen molar-refractivity contribution < 1.29 is 4.42 Å². The van der Waals surface area contributed by atoms with Crippen LogP contribution in [0.1, 0.15) is 0 Å². The van der Waals surface area contributed by atoms with Crippen LogP contribution < -0.4 is 4.90 Å². The molecule has 1 aromatic heterocycles. The first kappa shape index (κ1) is 27.8. The average Bonchev–Trinajstić information content (AvgIpc) is 3.61. The van der Waals surface area contributed by atoms with E-state index in [9.17, 15) is 0 Å². The van der Waals surface area contributed by atoms with Gasteiger partial charge < -0.3 is 9.32 Å². The average molecular weight is 615 g/mol. The number of hydrogen-bond acceptors (Lipinski definition) is 3. The summed E-state index contributed by atoms with van der Waals surface area (Å²) < 4.78 is 6.25. The van der Waals surface area contributed by atoms with Crippen molar-refractivity contribution in [1.82, 2.24) is 4.98 Å². The number of para-hydroxylation sites is 1. The Bertz CT molecular complexity index is 2520. The van der Waals surface area contributed by atoms with Crippen LogP contribution in [0.25, 0.3) is 66.4 Å². The second-order valence-electron chi connectivity index (χ2n) is 12.0. The van der Waals surface area contributed by atoms with Crippen LogP contribution in [0.2, 0.25) is 0 Å². The molecule has 0 amide bonds. The molecular formula is C45H30N2O. The topological polar surface area (TPSA) is 29.3 Å². The Morgan fingerprint density at radius 3 is 1.54 bits per heavy atom. The zero-order valence-electron chi connectivity index (χ0n) is 26.1. The zero-order chi connectivity index (χ0) is 31.9. The number of nitrogens with zero attached hydrogens (tertiary/aromatic N) is 2. The van der Waals surface area contributed by atoms with Crippen molar-refractivity contribution in [1.29, 1.82) is 0 Å². The third kappa shape index (κ3) is 4.99. The van der Waals surface area contributed by atoms with Crippen LogP contribution >= 0.6 is 0 Å². The third-order valence-corrected chi connectivity index (χ3v) is 9.08. The van der Waals surface area contributed by atoms with Gasteiger partial charge in [0.15, 0.2) is 5.58 Å². The molecule has 3 heteroatoms. The number of hydrogen-bond donors (Lipinski definition) is 0. The van der Waals surface area contributed by atoms with Crippen molar-refractivity contribution in [2.75, 3.05) is 4.90 Å². The fourth-order valence-corrected chi connectivity index (χ4v) is 6.67. The van der Waals surface area contributed by atoms with Crippen molar-refractivity contribution in [2.24, 2.45) is 0 Å². The molecule has 0 fully saturated rings. The van der Waals surface area contributed by atoms with Crippen LogP contribution in [-0.2, 0) is 0 Å². The summed E-state index contributed by atoms with van der Waals surface area (Å²) in [4.78, 5) is 7.31. The SMILES string of the molecule is c1ccc(-c2ccc(N(c3ccccc3)c3ccc(-c4ccc5ccc6ccc7oc(-c8ccccc8)nc7c6c5c4)cc3)cc2)cc1. The molecule has 3 nitrogen and oxygen atoms in total. The summed E-state index contributed by atoms with van der Waals surface area (Å²) >= 11 is 0. The van der Waals surface area contributed by atoms with Crippen molar-refractivity contribution in [3.8, 4) is 33.7 Å². The minimum atomic E-state index is 0.638. The van der Waals surface area contributed by atoms with Gasteiger partial charge in [0.2, 0.25) is 5.89 Å². The fraction of sp³-hybridized carbons (Fsp3) is 0. The molecule has 0 N–H and O–H groups in total. The van der Waals surface area contributed by atoms with Crippen LogP contribution in [0.4, 0.5) is 17.1 Å². The molecule has 1 heterocycles. The molecule has 8 aromatic carbocycles. The van der Waals surface area contributed by atoms with E-state index < -0.39 is 0 Å². The highest BCUT2D eigenvalue weighted by Crippen LogP contribution is 2.39. The lowest BCUT2D eigenvalue weighted by molar-refractivity contribution is 0.620. The molecule has 226 valence electrons. The Hall–Kier alpha value is -6.45. The molecule has 9 aromatic rings. The van der Waals surface area contributed by atoms with Gasteiger partial charge in [-0.15, -0.1) is 0 Å². The largest absolute Gasteiger partial charge is 0.436 e. The van der Waals surface area contributed by atoms with Gasteiger partial charge in [0, 0.05) is 28.0 Å². The van der Waals surface area contributed by atoms with Crippen molar-refractivity contribution in [3.63, 3.8) is 0 Å². The first-order valence-corrected chi connectivity index (χ1v) is 16.2. The summed E-state index contributed by atoms with van der Waals surface area (Å²) in [6, 6.07) is 64.0. The minimum absolute atomic E-state index is 0.638. The summed E-state index contributed by atoms with van der Waals surface area (Å²) in [5.41, 5.74) is 10.7. The van der Waals surface area contributed by atoms with Crippen molar-refractivity contribution in [3.05, 3.63) is 182 Å². The lowest BCUT2D eigenvalue weighted by Crippen LogP contribution is -2.09. The molecular weight excluding hydrogens is 585 g/mol. The predicted molar refractivity (Wildman–Crippen MR) is 200 cm³/mol. The van der Waals surface area contributed by atoms with Crippen LogP contribution in [0.3, 0.4) is 0 Å². The second kappa shape index (κ2) is 11.7. The lowest BCUT2D eigenvalue weighted by atomic mass is 9.96. The van der Waals surface area contributed by atoms with Gasteiger partial charge in [0.05, 0.1) is 0 Å². The Labute approximate surface area is 279 Å². The molecule has 0 aliphatic rings. The first-order valence-electron chi connectivity index (χ1n) is 16.2. The summed E-state index contributed by atoms with van der Waals surface area (Å²) in [5, 5.41) is 4.60. The Morgan fingerprint density at radius 1 is 0.396 bits per heavy atom. The third-order valence-electron chi connectivity index (χ3n) is 9.08. The van der Waals surface area contributed by atoms with Gasteiger partial charge in [-0.05, 0) is 99.1 Å². The maximum Gasteiger partial charge on any atom is 0.227 e. The second-order valence-corrected chi connectivity index (χ2v) is 12.0. The zero-order valence-corrected chi connectivity index (χ0v) is 26.1. The highest BCUT2D eigenvalue weighted by Gasteiger charge is 2.15. The van der Waals surface area contributed by atoms with E-state index in [0.717, 1.165) is 61.0 Å². The number of anilines is 3. The normalized spacial score (nSPS) is 11.3. The molecule has 0 unspecified atom stereocenters. The fourth-order valence-electron chi connectivity index (χ4n) is 6.67. The number of oxazole rings is 1. The van der Waals surface area contributed by atoms with E-state index in [-0.39, 0.29) is 0 Å². The lowest BCUT2D eigenvalue weighted by Gasteiger charge is -2.26. The molecule has 0 saturated heterocycles. The monoisotopic (exact) mass is 614 g/mol. The summed E-state index contributed by atoms with van der Waals surface area (Å²) in [6.45, 7) is 0. The number of aromatic nitrogens is 1. The van der Waals surface area contributed by atoms with Gasteiger partial charge in [-0.25, -0.2) is 4.98 Å². The smallest absolute Gasteiger partial charge is 0.227 e. The van der Waals surface area contributed by atoms with Gasteiger partial charge in [0.1, 0.15) is 5.52 Å². The first-order chi connectivity index (χ1) is 23.8. The number of fused-ring (bicyclic) bond motifs is 5. The molecule has 0 radical (unpaired) electrons. The Balaban J connectivity index is 1.11.